The van der Waals surface area contributed by atoms with Crippen LogP contribution >= 0.6 is 0 Å². The van der Waals surface area contributed by atoms with Crippen molar-refractivity contribution in [3.8, 4) is 17.2 Å². The van der Waals surface area contributed by atoms with Crippen molar-refractivity contribution >= 4 is 28.9 Å². The molecule has 30 heavy (non-hydrogen) atoms. The summed E-state index contributed by atoms with van der Waals surface area (Å²) < 4.78 is 16.0. The van der Waals surface area contributed by atoms with E-state index in [-0.39, 0.29) is 17.9 Å². The zero-order valence-electron chi connectivity index (χ0n) is 16.7. The molecule has 1 heterocycles. The van der Waals surface area contributed by atoms with Gasteiger partial charge in [-0.3, -0.25) is 24.6 Å². The Morgan fingerprint density at radius 3 is 2.63 bits per heavy atom. The van der Waals surface area contributed by atoms with Gasteiger partial charge >= 0.3 is 0 Å². The van der Waals surface area contributed by atoms with E-state index in [0.717, 1.165) is 0 Å². The summed E-state index contributed by atoms with van der Waals surface area (Å²) in [6.45, 7) is 1.43. The van der Waals surface area contributed by atoms with Crippen LogP contribution in [0.15, 0.2) is 36.4 Å². The van der Waals surface area contributed by atoms with Crippen LogP contribution in [0.4, 0.5) is 17.1 Å². The van der Waals surface area contributed by atoms with Crippen LogP contribution in [-0.4, -0.2) is 43.6 Å². The van der Waals surface area contributed by atoms with Crippen molar-refractivity contribution in [3.05, 3.63) is 46.5 Å². The van der Waals surface area contributed by atoms with Crippen molar-refractivity contribution in [2.24, 2.45) is 0 Å². The molecule has 1 aliphatic rings. The predicted octanol–water partition coefficient (Wildman–Crippen LogP) is 2.75. The molecule has 0 aliphatic carbocycles. The molecule has 10 heteroatoms. The monoisotopic (exact) mass is 415 g/mol. The van der Waals surface area contributed by atoms with Crippen LogP contribution in [0.1, 0.15) is 13.3 Å². The lowest BCUT2D eigenvalue weighted by atomic mass is 10.1. The molecule has 0 saturated carbocycles. The van der Waals surface area contributed by atoms with Crippen molar-refractivity contribution in [2.75, 3.05) is 31.0 Å². The number of nitrogens with zero attached hydrogens (tertiary/aromatic N) is 2. The molecule has 1 atom stereocenters. The minimum Gasteiger partial charge on any atom is -0.497 e. The summed E-state index contributed by atoms with van der Waals surface area (Å²) in [4.78, 5) is 37.3. The second-order valence-electron chi connectivity index (χ2n) is 6.46. The molecule has 2 amide bonds. The number of methoxy groups -OCH3 is 2. The van der Waals surface area contributed by atoms with Crippen LogP contribution < -0.4 is 24.4 Å². The van der Waals surface area contributed by atoms with Gasteiger partial charge in [-0.05, 0) is 24.6 Å². The van der Waals surface area contributed by atoms with Gasteiger partial charge in [-0.2, -0.15) is 0 Å². The Morgan fingerprint density at radius 2 is 2.00 bits per heavy atom. The maximum Gasteiger partial charge on any atom is 0.271 e. The highest BCUT2D eigenvalue weighted by Crippen LogP contribution is 2.37. The van der Waals surface area contributed by atoms with Crippen molar-refractivity contribution < 1.29 is 28.7 Å². The van der Waals surface area contributed by atoms with Gasteiger partial charge < -0.3 is 19.5 Å². The van der Waals surface area contributed by atoms with E-state index in [9.17, 15) is 19.7 Å². The molecule has 0 saturated heterocycles. The van der Waals surface area contributed by atoms with Crippen LogP contribution in [0.25, 0.3) is 0 Å². The first-order valence-corrected chi connectivity index (χ1v) is 9.16. The highest BCUT2D eigenvalue weighted by atomic mass is 16.6. The predicted molar refractivity (Wildman–Crippen MR) is 108 cm³/mol. The first kappa shape index (κ1) is 20.9. The number of rotatable bonds is 7. The summed E-state index contributed by atoms with van der Waals surface area (Å²) >= 11 is 0. The van der Waals surface area contributed by atoms with Crippen LogP contribution in [0.3, 0.4) is 0 Å². The van der Waals surface area contributed by atoms with Crippen LogP contribution in [0, 0.1) is 10.1 Å². The highest BCUT2D eigenvalue weighted by Gasteiger charge is 2.35. The summed E-state index contributed by atoms with van der Waals surface area (Å²) in [5, 5.41) is 13.8. The van der Waals surface area contributed by atoms with E-state index in [1.807, 2.05) is 0 Å². The smallest absolute Gasteiger partial charge is 0.271 e. The van der Waals surface area contributed by atoms with Crippen molar-refractivity contribution in [2.45, 2.75) is 19.4 Å². The van der Waals surface area contributed by atoms with Crippen molar-refractivity contribution in [3.63, 3.8) is 0 Å². The van der Waals surface area contributed by atoms with Gasteiger partial charge in [0.25, 0.3) is 11.6 Å². The van der Waals surface area contributed by atoms with Gasteiger partial charge in [0, 0.05) is 18.2 Å². The van der Waals surface area contributed by atoms with E-state index < -0.39 is 22.8 Å². The number of hydrogen-bond donors (Lipinski definition) is 1. The van der Waals surface area contributed by atoms with E-state index in [2.05, 4.69) is 5.32 Å². The number of ether oxygens (including phenoxy) is 3. The molecule has 10 nitrogen and oxygen atoms in total. The number of benzene rings is 2. The number of hydrogen-bond acceptors (Lipinski definition) is 7. The maximum absolute atomic E-state index is 12.8. The molecule has 0 bridgehead atoms. The number of amides is 2. The van der Waals surface area contributed by atoms with Gasteiger partial charge in [0.15, 0.2) is 6.10 Å². The molecule has 0 aromatic heterocycles. The first-order chi connectivity index (χ1) is 14.4. The molecule has 0 spiro atoms. The molecule has 2 aromatic rings. The normalized spacial score (nSPS) is 15.1. The van der Waals surface area contributed by atoms with Crippen molar-refractivity contribution in [1.29, 1.82) is 0 Å². The number of non-ortho nitro benzene ring substituents is 1. The lowest BCUT2D eigenvalue weighted by Crippen LogP contribution is -2.48. The lowest BCUT2D eigenvalue weighted by Gasteiger charge is -2.33. The zero-order valence-corrected chi connectivity index (χ0v) is 16.7. The average molecular weight is 415 g/mol. The van der Waals surface area contributed by atoms with Gasteiger partial charge in [0.2, 0.25) is 5.91 Å². The standard InChI is InChI=1S/C20H21N3O7/c1-4-16-20(25)22(15-9-12(23(26)27)5-8-17(15)30-16)11-19(24)21-14-7-6-13(28-2)10-18(14)29-3/h5-10,16H,4,11H2,1-3H3,(H,21,24). The Kier molecular flexibility index (Phi) is 6.05. The van der Waals surface area contributed by atoms with Crippen molar-refractivity contribution in [1.82, 2.24) is 0 Å². The third-order valence-corrected chi connectivity index (χ3v) is 4.61. The Bertz CT molecular complexity index is 992. The Labute approximate surface area is 172 Å². The fraction of sp³-hybridized carbons (Fsp3) is 0.300. The Hall–Kier alpha value is -3.82. The van der Waals surface area contributed by atoms with E-state index in [0.29, 0.717) is 29.4 Å². The highest BCUT2D eigenvalue weighted by molar-refractivity contribution is 6.06. The fourth-order valence-electron chi connectivity index (χ4n) is 3.08. The summed E-state index contributed by atoms with van der Waals surface area (Å²) in [5.41, 5.74) is 0.369. The average Bonchev–Trinajstić information content (AvgIpc) is 2.75. The zero-order chi connectivity index (χ0) is 21.8. The molecule has 1 unspecified atom stereocenters. The number of nitro benzene ring substituents is 1. The molecule has 1 N–H and O–H groups in total. The molecule has 3 rings (SSSR count). The minimum absolute atomic E-state index is 0.177. The molecule has 1 aliphatic heterocycles. The third-order valence-electron chi connectivity index (χ3n) is 4.61. The van der Waals surface area contributed by atoms with E-state index in [1.54, 1.807) is 25.1 Å². The van der Waals surface area contributed by atoms with Crippen LogP contribution in [0.5, 0.6) is 17.2 Å². The largest absolute Gasteiger partial charge is 0.497 e. The molecule has 2 aromatic carbocycles. The van der Waals surface area contributed by atoms with Crippen LogP contribution in [-0.2, 0) is 9.59 Å². The van der Waals surface area contributed by atoms with Gasteiger partial charge in [0.05, 0.1) is 30.5 Å². The van der Waals surface area contributed by atoms with Gasteiger partial charge in [-0.1, -0.05) is 6.92 Å². The minimum atomic E-state index is -0.776. The number of carbonyl (C=O) groups is 2. The fourth-order valence-corrected chi connectivity index (χ4v) is 3.08. The summed E-state index contributed by atoms with van der Waals surface area (Å²) in [6, 6.07) is 8.83. The van der Waals surface area contributed by atoms with Gasteiger partial charge in [-0.15, -0.1) is 0 Å². The summed E-state index contributed by atoms with van der Waals surface area (Å²) in [6.07, 6.45) is -0.387. The number of nitro groups is 1. The molecular formula is C20H21N3O7. The number of carbonyl (C=O) groups excluding carboxylic acids is 2. The second-order valence-corrected chi connectivity index (χ2v) is 6.46. The van der Waals surface area contributed by atoms with E-state index in [4.69, 9.17) is 14.2 Å². The molecule has 0 fully saturated rings. The summed E-state index contributed by atoms with van der Waals surface area (Å²) in [7, 11) is 2.97. The SMILES string of the molecule is CCC1Oc2ccc([N+](=O)[O-])cc2N(CC(=O)Nc2ccc(OC)cc2OC)C1=O. The van der Waals surface area contributed by atoms with E-state index in [1.165, 1.54) is 37.3 Å². The van der Waals surface area contributed by atoms with Gasteiger partial charge in [0.1, 0.15) is 23.8 Å². The molecule has 158 valence electrons. The molecule has 0 radical (unpaired) electrons. The number of anilines is 2. The lowest BCUT2D eigenvalue weighted by molar-refractivity contribution is -0.384. The quantitative estimate of drug-likeness (QED) is 0.545. The second kappa shape index (κ2) is 8.68. The Balaban J connectivity index is 1.87. The Morgan fingerprint density at radius 1 is 1.23 bits per heavy atom. The molecular weight excluding hydrogens is 394 g/mol. The maximum atomic E-state index is 12.8. The number of nitrogens with one attached hydrogen (secondary N) is 1. The van der Waals surface area contributed by atoms with Crippen LogP contribution in [0.2, 0.25) is 0 Å². The third kappa shape index (κ3) is 4.12. The van der Waals surface area contributed by atoms with E-state index >= 15 is 0 Å². The number of fused-ring (bicyclic) bond motifs is 1. The first-order valence-electron chi connectivity index (χ1n) is 9.16. The summed E-state index contributed by atoms with van der Waals surface area (Å²) in [5.74, 6) is 0.309. The topological polar surface area (TPSA) is 120 Å². The van der Waals surface area contributed by atoms with Gasteiger partial charge in [-0.25, -0.2) is 0 Å².